The van der Waals surface area contributed by atoms with Crippen LogP contribution in [0.15, 0.2) is 36.5 Å². The Morgan fingerprint density at radius 2 is 1.89 bits per heavy atom. The highest BCUT2D eigenvalue weighted by Gasteiger charge is 2.38. The predicted octanol–water partition coefficient (Wildman–Crippen LogP) is 3.61. The van der Waals surface area contributed by atoms with Crippen LogP contribution in [0.4, 0.5) is 16.0 Å². The number of hydrogen-bond donors (Lipinski definition) is 2. The van der Waals surface area contributed by atoms with E-state index >= 15 is 0 Å². The number of halogens is 1. The van der Waals surface area contributed by atoms with Gasteiger partial charge in [0.1, 0.15) is 11.0 Å². The number of rotatable bonds is 9. The minimum atomic E-state index is -3.65. The van der Waals surface area contributed by atoms with Gasteiger partial charge in [0.2, 0.25) is 5.95 Å². The maximum Gasteiger partial charge on any atom is 0.226 e. The molecule has 4 heterocycles. The second kappa shape index (κ2) is 11.7. The summed E-state index contributed by atoms with van der Waals surface area (Å²) in [5.74, 6) is 0.431. The number of benzene rings is 2. The summed E-state index contributed by atoms with van der Waals surface area (Å²) in [5.41, 5.74) is 3.16. The molecule has 3 aromatic heterocycles. The molecule has 1 aliphatic heterocycles. The number of methoxy groups -OCH3 is 2. The average Bonchev–Trinajstić information content (AvgIpc) is 3.59. The Balaban J connectivity index is 1.41. The van der Waals surface area contributed by atoms with Crippen LogP contribution < -0.4 is 19.7 Å². The van der Waals surface area contributed by atoms with Gasteiger partial charge < -0.3 is 24.8 Å². The molecule has 0 spiro atoms. The zero-order chi connectivity index (χ0) is 33.0. The fraction of sp³-hybridized carbons (Fsp3) is 0.419. The lowest BCUT2D eigenvalue weighted by Crippen LogP contribution is -2.43. The van der Waals surface area contributed by atoms with Crippen molar-refractivity contribution in [2.75, 3.05) is 43.3 Å². The molecule has 0 aliphatic carbocycles. The summed E-state index contributed by atoms with van der Waals surface area (Å²) in [6.07, 6.45) is 1.82. The normalized spacial score (nSPS) is 16.7. The third-order valence-corrected chi connectivity index (χ3v) is 10.1. The van der Waals surface area contributed by atoms with E-state index in [0.29, 0.717) is 29.1 Å². The number of sulfone groups is 1. The number of anilines is 2. The Morgan fingerprint density at radius 3 is 2.59 bits per heavy atom. The number of aromatic nitrogens is 6. The van der Waals surface area contributed by atoms with Crippen LogP contribution in [0.5, 0.6) is 11.5 Å². The topological polar surface area (TPSA) is 149 Å². The fourth-order valence-electron chi connectivity index (χ4n) is 5.74. The fourth-order valence-corrected chi connectivity index (χ4v) is 7.33. The van der Waals surface area contributed by atoms with E-state index in [2.05, 4.69) is 15.5 Å². The highest BCUT2D eigenvalue weighted by Crippen LogP contribution is 2.33. The molecule has 6 rings (SSSR count). The Hall–Kier alpha value is -4.50. The van der Waals surface area contributed by atoms with Gasteiger partial charge in [0.25, 0.3) is 0 Å². The smallest absolute Gasteiger partial charge is 0.226 e. The minimum Gasteiger partial charge on any atom is -0.497 e. The van der Waals surface area contributed by atoms with E-state index in [9.17, 15) is 17.9 Å². The van der Waals surface area contributed by atoms with E-state index in [1.54, 1.807) is 25.6 Å². The third-order valence-electron chi connectivity index (χ3n) is 8.11. The van der Waals surface area contributed by atoms with Gasteiger partial charge in [-0.05, 0) is 57.0 Å². The average molecular weight is 653 g/mol. The molecule has 1 aliphatic rings. The van der Waals surface area contributed by atoms with Crippen molar-refractivity contribution in [1.82, 2.24) is 29.4 Å². The first kappa shape index (κ1) is 31.5. The van der Waals surface area contributed by atoms with Crippen molar-refractivity contribution in [3.8, 4) is 11.5 Å². The number of nitrogens with one attached hydrogen (secondary N) is 1. The summed E-state index contributed by atoms with van der Waals surface area (Å²) in [6, 6.07) is 8.49. The van der Waals surface area contributed by atoms with Crippen LogP contribution in [0, 0.1) is 19.7 Å². The molecule has 1 fully saturated rings. The Bertz CT molecular complexity index is 2050. The number of fused-ring (bicyclic) bond motifs is 3. The molecule has 0 amide bonds. The van der Waals surface area contributed by atoms with E-state index < -0.39 is 26.5 Å². The molecule has 0 radical (unpaired) electrons. The lowest BCUT2D eigenvalue weighted by molar-refractivity contribution is 0.0577. The third kappa shape index (κ3) is 6.03. The molecule has 2 aromatic carbocycles. The predicted molar refractivity (Wildman–Crippen MR) is 172 cm³/mol. The standard InChI is InChI=1S/C31H37FN8O5S/c1-18-11-21(44-5)8-7-20(18)14-33-30-34-24-13-26(45-6)23(32)12-22(24)29-35-28(37-40(29)30)27-16-38(9-10-46(27,42)43)25-15-39(36-19(25)2)17-31(3,4)41/h7-8,11-13,15,27,41H,9-10,14,16-17H2,1-6H3,(H,33,34). The van der Waals surface area contributed by atoms with Crippen molar-refractivity contribution in [3.63, 3.8) is 0 Å². The van der Waals surface area contributed by atoms with Gasteiger partial charge in [-0.15, -0.1) is 5.10 Å². The van der Waals surface area contributed by atoms with E-state index in [1.807, 2.05) is 43.1 Å². The summed E-state index contributed by atoms with van der Waals surface area (Å²) in [7, 11) is -0.661. The Morgan fingerprint density at radius 1 is 1.11 bits per heavy atom. The molecule has 5 aromatic rings. The van der Waals surface area contributed by atoms with Gasteiger partial charge in [-0.25, -0.2) is 22.8 Å². The van der Waals surface area contributed by atoms with Crippen molar-refractivity contribution < 1.29 is 27.4 Å². The highest BCUT2D eigenvalue weighted by molar-refractivity contribution is 7.91. The van der Waals surface area contributed by atoms with E-state index in [-0.39, 0.29) is 42.6 Å². The number of hydrogen-bond acceptors (Lipinski definition) is 11. The molecule has 15 heteroatoms. The zero-order valence-electron chi connectivity index (χ0n) is 26.6. The molecular formula is C31H37FN8O5S. The molecule has 2 N–H and O–H groups in total. The lowest BCUT2D eigenvalue weighted by atomic mass is 10.1. The molecule has 1 saturated heterocycles. The molecule has 1 atom stereocenters. The number of aryl methyl sites for hydroxylation is 2. The first-order valence-electron chi connectivity index (χ1n) is 14.8. The van der Waals surface area contributed by atoms with Crippen LogP contribution in [0.25, 0.3) is 16.6 Å². The molecule has 46 heavy (non-hydrogen) atoms. The number of nitrogens with zero attached hydrogens (tertiary/aromatic N) is 7. The lowest BCUT2D eigenvalue weighted by Gasteiger charge is -2.32. The van der Waals surface area contributed by atoms with Crippen LogP contribution in [0.3, 0.4) is 0 Å². The molecule has 0 saturated carbocycles. The zero-order valence-corrected chi connectivity index (χ0v) is 27.4. The van der Waals surface area contributed by atoms with Crippen LogP contribution >= 0.6 is 0 Å². The first-order chi connectivity index (χ1) is 21.8. The quantitative estimate of drug-likeness (QED) is 0.241. The van der Waals surface area contributed by atoms with Crippen LogP contribution in [-0.2, 0) is 22.9 Å². The van der Waals surface area contributed by atoms with Gasteiger partial charge in [-0.1, -0.05) is 6.07 Å². The van der Waals surface area contributed by atoms with E-state index in [4.69, 9.17) is 19.4 Å². The highest BCUT2D eigenvalue weighted by atomic mass is 32.2. The van der Waals surface area contributed by atoms with E-state index in [0.717, 1.165) is 22.6 Å². The molecule has 13 nitrogen and oxygen atoms in total. The van der Waals surface area contributed by atoms with Crippen molar-refractivity contribution in [2.45, 2.75) is 51.6 Å². The van der Waals surface area contributed by atoms with Gasteiger partial charge in [-0.3, -0.25) is 4.68 Å². The maximum absolute atomic E-state index is 14.9. The summed E-state index contributed by atoms with van der Waals surface area (Å²) in [5, 5.41) is 22.1. The van der Waals surface area contributed by atoms with Crippen molar-refractivity contribution >= 4 is 38.0 Å². The Kier molecular flexibility index (Phi) is 8.01. The minimum absolute atomic E-state index is 0.0204. The Labute approximate surface area is 265 Å². The van der Waals surface area contributed by atoms with Gasteiger partial charge in [0.15, 0.2) is 32.9 Å². The van der Waals surface area contributed by atoms with Crippen molar-refractivity contribution in [3.05, 3.63) is 65.0 Å². The SMILES string of the molecule is COc1ccc(CNc2nc3cc(OC)c(F)cc3c3nc(C4CN(c5cn(CC(C)(C)O)nc5C)CCS4(=O)=O)nn23)c(C)c1. The number of aliphatic hydroxyl groups is 1. The maximum atomic E-state index is 14.9. The molecular weight excluding hydrogens is 615 g/mol. The second-order valence-corrected chi connectivity index (χ2v) is 14.5. The van der Waals surface area contributed by atoms with Crippen LogP contribution in [0.2, 0.25) is 0 Å². The second-order valence-electron chi connectivity index (χ2n) is 12.2. The molecule has 1 unspecified atom stereocenters. The molecule has 0 bridgehead atoms. The number of ether oxygens (including phenoxy) is 2. The van der Waals surface area contributed by atoms with Gasteiger partial charge in [-0.2, -0.15) is 9.61 Å². The van der Waals surface area contributed by atoms with Gasteiger partial charge in [0.05, 0.1) is 49.0 Å². The first-order valence-corrected chi connectivity index (χ1v) is 16.5. The largest absolute Gasteiger partial charge is 0.497 e. The summed E-state index contributed by atoms with van der Waals surface area (Å²) < 4.78 is 55.6. The summed E-state index contributed by atoms with van der Waals surface area (Å²) >= 11 is 0. The summed E-state index contributed by atoms with van der Waals surface area (Å²) in [4.78, 5) is 11.4. The van der Waals surface area contributed by atoms with E-state index in [1.165, 1.54) is 23.8 Å². The van der Waals surface area contributed by atoms with Crippen molar-refractivity contribution in [1.29, 1.82) is 0 Å². The van der Waals surface area contributed by atoms with Crippen molar-refractivity contribution in [2.24, 2.45) is 0 Å². The van der Waals surface area contributed by atoms with Gasteiger partial charge in [0, 0.05) is 37.3 Å². The van der Waals surface area contributed by atoms with Gasteiger partial charge >= 0.3 is 0 Å². The monoisotopic (exact) mass is 652 g/mol. The van der Waals surface area contributed by atoms with Crippen LogP contribution in [0.1, 0.15) is 41.7 Å². The van der Waals surface area contributed by atoms with Crippen LogP contribution in [-0.4, -0.2) is 81.5 Å². The summed E-state index contributed by atoms with van der Waals surface area (Å²) in [6.45, 7) is 8.24. The molecule has 244 valence electrons.